The van der Waals surface area contributed by atoms with Gasteiger partial charge in [0.2, 0.25) is 5.13 Å². The highest BCUT2D eigenvalue weighted by Crippen LogP contribution is 2.44. The standard InChI is InChI=1S/C38H34ClN3O5S2/c1-3-4-21-46-30-17-11-26(12-18-30)33-32(34(43)27-13-19-31(20-14-27)47-22-28-8-6-5-7-24(28)2)35(44)36(45)42(33)37-40-41-38(49-37)48-23-25-9-15-29(39)16-10-25/h5-20,33,43H,3-4,21-23H2,1-2H3. The van der Waals surface area contributed by atoms with E-state index in [1.165, 1.54) is 28.0 Å². The molecule has 1 saturated heterocycles. The average molecular weight is 712 g/mol. The molecular formula is C38H34ClN3O5S2. The maximum Gasteiger partial charge on any atom is 0.301 e. The van der Waals surface area contributed by atoms with Crippen molar-refractivity contribution < 1.29 is 24.2 Å². The number of thioether (sulfide) groups is 1. The zero-order valence-corrected chi connectivity index (χ0v) is 29.4. The summed E-state index contributed by atoms with van der Waals surface area (Å²) in [4.78, 5) is 28.7. The van der Waals surface area contributed by atoms with Gasteiger partial charge in [-0.2, -0.15) is 0 Å². The summed E-state index contributed by atoms with van der Waals surface area (Å²) in [6.45, 7) is 5.10. The van der Waals surface area contributed by atoms with E-state index in [0.717, 1.165) is 29.5 Å². The lowest BCUT2D eigenvalue weighted by atomic mass is 9.95. The Morgan fingerprint density at radius 2 is 1.61 bits per heavy atom. The van der Waals surface area contributed by atoms with Gasteiger partial charge in [0, 0.05) is 16.3 Å². The first-order valence-electron chi connectivity index (χ1n) is 15.8. The Hall–Kier alpha value is -4.64. The number of hydrogen-bond donors (Lipinski definition) is 1. The predicted octanol–water partition coefficient (Wildman–Crippen LogP) is 9.18. The number of hydrogen-bond acceptors (Lipinski definition) is 9. The van der Waals surface area contributed by atoms with Crippen molar-refractivity contribution in [3.05, 3.63) is 135 Å². The molecule has 8 nitrogen and oxygen atoms in total. The van der Waals surface area contributed by atoms with E-state index >= 15 is 0 Å². The fraction of sp³-hybridized carbons (Fsp3) is 0.211. The lowest BCUT2D eigenvalue weighted by Crippen LogP contribution is -2.29. The first-order valence-corrected chi connectivity index (χ1v) is 18.0. The second-order valence-electron chi connectivity index (χ2n) is 11.4. The van der Waals surface area contributed by atoms with Gasteiger partial charge < -0.3 is 14.6 Å². The number of aliphatic hydroxyl groups is 1. The molecule has 0 saturated carbocycles. The number of aliphatic hydroxyl groups excluding tert-OH is 1. The van der Waals surface area contributed by atoms with Gasteiger partial charge >= 0.3 is 5.91 Å². The number of carbonyl (C=O) groups is 2. The van der Waals surface area contributed by atoms with Crippen LogP contribution in [0.3, 0.4) is 0 Å². The van der Waals surface area contributed by atoms with E-state index in [9.17, 15) is 14.7 Å². The molecule has 1 unspecified atom stereocenters. The number of unbranched alkanes of at least 4 members (excludes halogenated alkanes) is 1. The van der Waals surface area contributed by atoms with Gasteiger partial charge in [0.15, 0.2) is 4.34 Å². The molecule has 5 aromatic rings. The van der Waals surface area contributed by atoms with E-state index in [-0.39, 0.29) is 16.5 Å². The lowest BCUT2D eigenvalue weighted by molar-refractivity contribution is -0.132. The van der Waals surface area contributed by atoms with Crippen molar-refractivity contribution in [2.45, 2.75) is 49.4 Å². The molecule has 1 amide bonds. The summed E-state index contributed by atoms with van der Waals surface area (Å²) in [5.41, 5.74) is 4.21. The third-order valence-corrected chi connectivity index (χ3v) is 10.4. The highest BCUT2D eigenvalue weighted by atomic mass is 35.5. The molecular weight excluding hydrogens is 678 g/mol. The number of benzene rings is 4. The van der Waals surface area contributed by atoms with Crippen molar-refractivity contribution in [1.29, 1.82) is 0 Å². The number of aromatic nitrogens is 2. The Labute approximate surface area is 298 Å². The van der Waals surface area contributed by atoms with Gasteiger partial charge in [-0.25, -0.2) is 0 Å². The quantitative estimate of drug-likeness (QED) is 0.0322. The van der Waals surface area contributed by atoms with Crippen LogP contribution in [0.25, 0.3) is 5.76 Å². The van der Waals surface area contributed by atoms with Gasteiger partial charge in [-0.3, -0.25) is 14.5 Å². The number of rotatable bonds is 13. The van der Waals surface area contributed by atoms with Crippen molar-refractivity contribution in [3.63, 3.8) is 0 Å². The minimum Gasteiger partial charge on any atom is -0.507 e. The third kappa shape index (κ3) is 7.99. The number of ether oxygens (including phenoxy) is 2. The molecule has 0 aliphatic carbocycles. The van der Waals surface area contributed by atoms with Crippen LogP contribution in [0, 0.1) is 6.92 Å². The maximum absolute atomic E-state index is 13.7. The molecule has 6 rings (SSSR count). The average Bonchev–Trinajstić information content (AvgIpc) is 3.69. The number of anilines is 1. The maximum atomic E-state index is 13.7. The van der Waals surface area contributed by atoms with E-state index in [0.29, 0.717) is 51.0 Å². The fourth-order valence-electron chi connectivity index (χ4n) is 5.31. The van der Waals surface area contributed by atoms with Crippen LogP contribution < -0.4 is 14.4 Å². The number of Topliss-reactive ketones (excluding diaryl/α,β-unsaturated/α-hetero) is 1. The van der Waals surface area contributed by atoms with Crippen LogP contribution in [-0.4, -0.2) is 33.6 Å². The fourth-order valence-corrected chi connectivity index (χ4v) is 7.26. The van der Waals surface area contributed by atoms with Crippen molar-refractivity contribution in [2.24, 2.45) is 0 Å². The lowest BCUT2D eigenvalue weighted by Gasteiger charge is -2.22. The summed E-state index contributed by atoms with van der Waals surface area (Å²) in [5.74, 6) is 0.00864. The van der Waals surface area contributed by atoms with Crippen molar-refractivity contribution in [3.8, 4) is 11.5 Å². The topological polar surface area (TPSA) is 102 Å². The molecule has 1 atom stereocenters. The van der Waals surface area contributed by atoms with E-state index in [2.05, 4.69) is 17.1 Å². The molecule has 1 aliphatic rings. The minimum atomic E-state index is -0.941. The van der Waals surface area contributed by atoms with Gasteiger partial charge in [-0.05, 0) is 84.1 Å². The zero-order chi connectivity index (χ0) is 34.3. The smallest absolute Gasteiger partial charge is 0.301 e. The SMILES string of the molecule is CCCCOc1ccc(C2C(=C(O)c3ccc(OCc4ccccc4C)cc3)C(=O)C(=O)N2c2nnc(SCc3ccc(Cl)cc3)s2)cc1. The van der Waals surface area contributed by atoms with Crippen LogP contribution in [0.2, 0.25) is 5.02 Å². The normalized spacial score (nSPS) is 15.5. The number of nitrogens with zero attached hydrogens (tertiary/aromatic N) is 3. The van der Waals surface area contributed by atoms with Gasteiger partial charge in [-0.1, -0.05) is 96.6 Å². The van der Waals surface area contributed by atoms with Gasteiger partial charge in [0.25, 0.3) is 5.78 Å². The van der Waals surface area contributed by atoms with E-state index in [1.54, 1.807) is 48.5 Å². The summed E-state index contributed by atoms with van der Waals surface area (Å²) >= 11 is 8.70. The van der Waals surface area contributed by atoms with E-state index in [4.69, 9.17) is 21.1 Å². The molecule has 0 bridgehead atoms. The molecule has 0 radical (unpaired) electrons. The van der Waals surface area contributed by atoms with Crippen molar-refractivity contribution >= 4 is 57.3 Å². The van der Waals surface area contributed by atoms with Crippen LogP contribution in [0.15, 0.2) is 107 Å². The molecule has 1 aliphatic heterocycles. The summed E-state index contributed by atoms with van der Waals surface area (Å²) in [7, 11) is 0. The molecule has 2 heterocycles. The molecule has 250 valence electrons. The second-order valence-corrected chi connectivity index (χ2v) is 14.1. The molecule has 1 fully saturated rings. The summed E-state index contributed by atoms with van der Waals surface area (Å²) in [6.07, 6.45) is 1.93. The number of aryl methyl sites for hydroxylation is 1. The molecule has 4 aromatic carbocycles. The Balaban J connectivity index is 1.30. The Morgan fingerprint density at radius 1 is 0.918 bits per heavy atom. The zero-order valence-electron chi connectivity index (χ0n) is 27.0. The molecule has 1 aromatic heterocycles. The van der Waals surface area contributed by atoms with Gasteiger partial charge in [0.1, 0.15) is 23.9 Å². The largest absolute Gasteiger partial charge is 0.507 e. The number of halogens is 1. The van der Waals surface area contributed by atoms with Crippen molar-refractivity contribution in [2.75, 3.05) is 11.5 Å². The summed E-state index contributed by atoms with van der Waals surface area (Å²) in [5, 5.41) is 21.2. The molecule has 0 spiro atoms. The van der Waals surface area contributed by atoms with Gasteiger partial charge in [0.05, 0.1) is 18.2 Å². The Kier molecular flexibility index (Phi) is 11.0. The van der Waals surface area contributed by atoms with Crippen LogP contribution in [0.5, 0.6) is 11.5 Å². The monoisotopic (exact) mass is 711 g/mol. The van der Waals surface area contributed by atoms with Crippen LogP contribution >= 0.6 is 34.7 Å². The van der Waals surface area contributed by atoms with Crippen LogP contribution in [0.4, 0.5) is 5.13 Å². The number of carbonyl (C=O) groups excluding carboxylic acids is 2. The van der Waals surface area contributed by atoms with Crippen LogP contribution in [-0.2, 0) is 21.9 Å². The first-order chi connectivity index (χ1) is 23.8. The third-order valence-electron chi connectivity index (χ3n) is 8.07. The number of ketones is 1. The predicted molar refractivity (Wildman–Crippen MR) is 195 cm³/mol. The van der Waals surface area contributed by atoms with Crippen LogP contribution in [0.1, 0.15) is 53.6 Å². The van der Waals surface area contributed by atoms with Crippen molar-refractivity contribution in [1.82, 2.24) is 10.2 Å². The highest BCUT2D eigenvalue weighted by molar-refractivity contribution is 8.00. The molecule has 1 N–H and O–H groups in total. The summed E-state index contributed by atoms with van der Waals surface area (Å²) in [6, 6.07) is 28.6. The Bertz CT molecular complexity index is 1960. The highest BCUT2D eigenvalue weighted by Gasteiger charge is 2.48. The van der Waals surface area contributed by atoms with E-state index < -0.39 is 17.7 Å². The van der Waals surface area contributed by atoms with Gasteiger partial charge in [-0.15, -0.1) is 10.2 Å². The summed E-state index contributed by atoms with van der Waals surface area (Å²) < 4.78 is 12.5. The van der Waals surface area contributed by atoms with E-state index in [1.807, 2.05) is 55.5 Å². The molecule has 11 heteroatoms. The Morgan fingerprint density at radius 3 is 2.33 bits per heavy atom. The minimum absolute atomic E-state index is 0.0382. The molecule has 49 heavy (non-hydrogen) atoms. The second kappa shape index (κ2) is 15.7. The first kappa shape index (κ1) is 34.2. The number of amides is 1.